The van der Waals surface area contributed by atoms with E-state index in [0.29, 0.717) is 34.5 Å². The number of amides is 2. The molecule has 12 heteroatoms. The summed E-state index contributed by atoms with van der Waals surface area (Å²) in [4.78, 5) is 68.6. The normalized spacial score (nSPS) is 13.0. The third kappa shape index (κ3) is 9.84. The van der Waals surface area contributed by atoms with Crippen molar-refractivity contribution in [2.75, 3.05) is 18.5 Å². The first-order valence-electron chi connectivity index (χ1n) is 20.6. The van der Waals surface area contributed by atoms with E-state index in [9.17, 15) is 24.0 Å². The Hall–Kier alpha value is -5.68. The minimum absolute atomic E-state index is 0.0178. The summed E-state index contributed by atoms with van der Waals surface area (Å²) in [7, 11) is 0. The maximum Gasteiger partial charge on any atom is 0.354 e. The number of halogens is 1. The van der Waals surface area contributed by atoms with Crippen LogP contribution in [-0.2, 0) is 36.8 Å². The van der Waals surface area contributed by atoms with Gasteiger partial charge in [0.2, 0.25) is 5.91 Å². The van der Waals surface area contributed by atoms with Crippen molar-refractivity contribution in [1.82, 2.24) is 19.2 Å². The first-order chi connectivity index (χ1) is 28.4. The topological polar surface area (TPSA) is 133 Å². The van der Waals surface area contributed by atoms with E-state index in [-0.39, 0.29) is 36.2 Å². The number of anilines is 1. The largest absolute Gasteiger partial charge is 0.493 e. The molecule has 0 bridgehead atoms. The zero-order chi connectivity index (χ0) is 43.9. The average molecular weight is 836 g/mol. The fraction of sp³-hybridized carbons (Fsp3) is 0.396. The molecule has 0 spiro atoms. The number of nitrogens with one attached hydrogen (secondary N) is 2. The van der Waals surface area contributed by atoms with Crippen molar-refractivity contribution in [2.24, 2.45) is 5.41 Å². The highest BCUT2D eigenvalue weighted by Crippen LogP contribution is 2.39. The van der Waals surface area contributed by atoms with E-state index in [1.54, 1.807) is 84.9 Å². The molecule has 2 amide bonds. The zero-order valence-electron chi connectivity index (χ0n) is 36.0. The lowest BCUT2D eigenvalue weighted by Gasteiger charge is -2.33. The maximum atomic E-state index is 14.8. The van der Waals surface area contributed by atoms with Gasteiger partial charge in [0, 0.05) is 29.6 Å². The molecule has 1 unspecified atom stereocenters. The molecule has 60 heavy (non-hydrogen) atoms. The summed E-state index contributed by atoms with van der Waals surface area (Å²) in [5, 5.41) is 5.45. The Balaban J connectivity index is 1.40. The molecular weight excluding hydrogens is 778 g/mol. The van der Waals surface area contributed by atoms with Crippen LogP contribution in [-0.4, -0.2) is 44.7 Å². The first-order valence-corrected chi connectivity index (χ1v) is 20.9. The fourth-order valence-corrected chi connectivity index (χ4v) is 7.30. The molecule has 318 valence electrons. The van der Waals surface area contributed by atoms with Crippen LogP contribution in [0.3, 0.4) is 0 Å². The van der Waals surface area contributed by atoms with Gasteiger partial charge in [-0.1, -0.05) is 146 Å². The van der Waals surface area contributed by atoms with Gasteiger partial charge in [0.05, 0.1) is 18.8 Å². The number of hydrogen-bond acceptors (Lipinski definition) is 6. The number of benzene rings is 4. The van der Waals surface area contributed by atoms with Gasteiger partial charge >= 0.3 is 11.4 Å². The molecule has 0 radical (unpaired) electrons. The fourth-order valence-electron chi connectivity index (χ4n) is 6.85. The van der Waals surface area contributed by atoms with Crippen molar-refractivity contribution in [1.29, 1.82) is 0 Å². The van der Waals surface area contributed by atoms with Crippen molar-refractivity contribution < 1.29 is 19.1 Å². The number of alkyl halides is 1. The molecule has 1 heterocycles. The van der Waals surface area contributed by atoms with Gasteiger partial charge in [-0.05, 0) is 71.6 Å². The molecule has 0 saturated heterocycles. The number of hydrogen-bond donors (Lipinski definition) is 2. The van der Waals surface area contributed by atoms with Crippen LogP contribution in [0, 0.1) is 5.41 Å². The monoisotopic (exact) mass is 835 g/mol. The second-order valence-corrected chi connectivity index (χ2v) is 17.7. The van der Waals surface area contributed by atoms with Gasteiger partial charge in [-0.3, -0.25) is 14.4 Å². The number of rotatable bonds is 19. The molecule has 0 aliphatic rings. The summed E-state index contributed by atoms with van der Waals surface area (Å²) >= 11 is 7.21. The predicted molar refractivity (Wildman–Crippen MR) is 238 cm³/mol. The minimum Gasteiger partial charge on any atom is -0.493 e. The molecule has 5 aromatic rings. The van der Waals surface area contributed by atoms with Crippen molar-refractivity contribution in [3.63, 3.8) is 0 Å². The quantitative estimate of drug-likeness (QED) is 0.0489. The number of nitrogens with zero attached hydrogens (tertiary/aromatic N) is 3. The molecule has 0 fully saturated rings. The van der Waals surface area contributed by atoms with E-state index in [2.05, 4.69) is 64.3 Å². The smallest absolute Gasteiger partial charge is 0.354 e. The molecule has 0 aliphatic carbocycles. The Kier molecular flexibility index (Phi) is 14.2. The SMILES string of the molecule is CCC(C)(C)c1ccc(OCCCC(=O)NCC(C)(C)C(=O)C(Cl)(C(=O)Nc2ccccc2)n2c(=O)n(Cc3ccccc3)n(-c3ccccc3)c2=O)c(C(C)(C)CC)c1. The van der Waals surface area contributed by atoms with Crippen LogP contribution >= 0.6 is 11.6 Å². The van der Waals surface area contributed by atoms with Gasteiger partial charge in [0.15, 0.2) is 5.78 Å². The van der Waals surface area contributed by atoms with E-state index in [1.807, 2.05) is 12.1 Å². The summed E-state index contributed by atoms with van der Waals surface area (Å²) < 4.78 is 9.04. The molecule has 2 N–H and O–H groups in total. The third-order valence-electron chi connectivity index (χ3n) is 11.5. The van der Waals surface area contributed by atoms with E-state index >= 15 is 0 Å². The summed E-state index contributed by atoms with van der Waals surface area (Å²) in [5.41, 5.74) is 0.0450. The lowest BCUT2D eigenvalue weighted by molar-refractivity contribution is -0.139. The Morgan fingerprint density at radius 1 is 0.733 bits per heavy atom. The Morgan fingerprint density at radius 3 is 1.92 bits per heavy atom. The van der Waals surface area contributed by atoms with Crippen LogP contribution < -0.4 is 26.7 Å². The third-order valence-corrected chi connectivity index (χ3v) is 12.1. The van der Waals surface area contributed by atoms with E-state index in [0.717, 1.165) is 33.5 Å². The van der Waals surface area contributed by atoms with Crippen LogP contribution in [0.1, 0.15) is 97.8 Å². The van der Waals surface area contributed by atoms with Crippen LogP contribution in [0.5, 0.6) is 5.75 Å². The molecular formula is C48H58ClN5O6. The Morgan fingerprint density at radius 2 is 1.32 bits per heavy atom. The molecule has 11 nitrogen and oxygen atoms in total. The number of para-hydroxylation sites is 2. The van der Waals surface area contributed by atoms with Crippen LogP contribution in [0.2, 0.25) is 0 Å². The number of ether oxygens (including phenoxy) is 1. The summed E-state index contributed by atoms with van der Waals surface area (Å²) in [6.07, 6.45) is 2.42. The molecule has 4 aromatic carbocycles. The van der Waals surface area contributed by atoms with Crippen molar-refractivity contribution in [3.05, 3.63) is 147 Å². The van der Waals surface area contributed by atoms with Crippen LogP contribution in [0.25, 0.3) is 5.69 Å². The van der Waals surface area contributed by atoms with Gasteiger partial charge in [0.25, 0.3) is 10.9 Å². The Labute approximate surface area is 357 Å². The Bertz CT molecular complexity index is 2400. The lowest BCUT2D eigenvalue weighted by atomic mass is 9.76. The standard InChI is InChI=1S/C48H58ClN5O6/c1-9-45(3,4)35-28-29-39(38(31-35)46(5,6)10-2)60-30-20-27-40(55)50-33-47(7,8)41(56)48(49,42(57)51-36-23-16-12-17-24-36)53-43(58)52(32-34-21-14-11-15-22-34)54(44(53)59)37-25-18-13-19-26-37/h11-19,21-26,28-29,31H,9-10,20,27,30,32-33H2,1-8H3,(H,50,55)(H,51,57). The molecule has 1 atom stereocenters. The molecule has 5 rings (SSSR count). The first kappa shape index (κ1) is 45.4. The van der Waals surface area contributed by atoms with Crippen molar-refractivity contribution in [3.8, 4) is 11.4 Å². The average Bonchev–Trinajstić information content (AvgIpc) is 3.49. The van der Waals surface area contributed by atoms with E-state index in [1.165, 1.54) is 19.4 Å². The molecule has 0 aliphatic heterocycles. The van der Waals surface area contributed by atoms with Crippen LogP contribution in [0.15, 0.2) is 119 Å². The minimum atomic E-state index is -2.88. The van der Waals surface area contributed by atoms with Crippen molar-refractivity contribution in [2.45, 2.75) is 103 Å². The van der Waals surface area contributed by atoms with E-state index in [4.69, 9.17) is 16.3 Å². The van der Waals surface area contributed by atoms with Gasteiger partial charge in [-0.15, -0.1) is 0 Å². The van der Waals surface area contributed by atoms with E-state index < -0.39 is 33.5 Å². The number of carbonyl (C=O) groups excluding carboxylic acids is 3. The highest BCUT2D eigenvalue weighted by molar-refractivity contribution is 6.45. The highest BCUT2D eigenvalue weighted by atomic mass is 35.5. The zero-order valence-corrected chi connectivity index (χ0v) is 36.8. The number of Topliss-reactive ketones (excluding diaryl/α,β-unsaturated/α-hetero) is 1. The molecule has 0 saturated carbocycles. The van der Waals surface area contributed by atoms with Gasteiger partial charge in [0.1, 0.15) is 5.75 Å². The van der Waals surface area contributed by atoms with Gasteiger partial charge in [-0.2, -0.15) is 4.68 Å². The van der Waals surface area contributed by atoms with Crippen LogP contribution in [0.4, 0.5) is 5.69 Å². The summed E-state index contributed by atoms with van der Waals surface area (Å²) in [6, 6.07) is 32.1. The summed E-state index contributed by atoms with van der Waals surface area (Å²) in [5.74, 6) is -1.63. The maximum absolute atomic E-state index is 14.8. The number of aromatic nitrogens is 3. The number of ketones is 1. The predicted octanol–water partition coefficient (Wildman–Crippen LogP) is 8.33. The van der Waals surface area contributed by atoms with Gasteiger partial charge in [-0.25, -0.2) is 18.8 Å². The number of carbonyl (C=O) groups is 3. The second kappa shape index (κ2) is 18.7. The molecule has 1 aromatic heterocycles. The second-order valence-electron chi connectivity index (χ2n) is 17.2. The lowest BCUT2D eigenvalue weighted by Crippen LogP contribution is -2.60. The summed E-state index contributed by atoms with van der Waals surface area (Å²) in [6.45, 7) is 16.2. The highest BCUT2D eigenvalue weighted by Gasteiger charge is 2.55. The van der Waals surface area contributed by atoms with Gasteiger partial charge < -0.3 is 15.4 Å². The van der Waals surface area contributed by atoms with Crippen molar-refractivity contribution >= 4 is 34.9 Å².